The molecule has 0 spiro atoms. The number of nitrogens with zero attached hydrogens (tertiary/aromatic N) is 1. The lowest BCUT2D eigenvalue weighted by Crippen LogP contribution is -2.47. The van der Waals surface area contributed by atoms with E-state index in [1.807, 2.05) is 0 Å². The highest BCUT2D eigenvalue weighted by Crippen LogP contribution is 2.14. The maximum atomic E-state index is 13.2. The van der Waals surface area contributed by atoms with E-state index in [1.54, 1.807) is 19.1 Å². The number of aromatic nitrogens is 1. The molecule has 2 rings (SSSR count). The molecular weight excluding hydrogens is 384 g/mol. The molecule has 1 unspecified atom stereocenters. The molecule has 2 aromatic rings. The Bertz CT molecular complexity index is 857. The summed E-state index contributed by atoms with van der Waals surface area (Å²) in [6.45, 7) is 3.20. The molecule has 0 saturated carbocycles. The minimum Gasteiger partial charge on any atom is -0.464 e. The third kappa shape index (κ3) is 6.63. The zero-order valence-corrected chi connectivity index (χ0v) is 15.9. The second-order valence-corrected chi connectivity index (χ2v) is 6.22. The smallest absolute Gasteiger partial charge is 0.333 e. The SMILES string of the molecule is CCOC(=O)C(NC(=O)[C@H](C)NC(=O)Cc1cc(F)cc(F)c1)c1ccncc1. The third-order valence-electron chi connectivity index (χ3n) is 3.91. The van der Waals surface area contributed by atoms with E-state index in [1.165, 1.54) is 19.3 Å². The van der Waals surface area contributed by atoms with Crippen molar-refractivity contribution in [3.05, 3.63) is 65.5 Å². The van der Waals surface area contributed by atoms with E-state index >= 15 is 0 Å². The van der Waals surface area contributed by atoms with Crippen molar-refractivity contribution in [3.63, 3.8) is 0 Å². The Labute approximate surface area is 166 Å². The standard InChI is InChI=1S/C20H21F2N3O4/c1-3-29-20(28)18(14-4-6-23-7-5-14)25-19(27)12(2)24-17(26)10-13-8-15(21)11-16(22)9-13/h4-9,11-12,18H,3,10H2,1-2H3,(H,24,26)(H,25,27)/t12-,18?/m0/s1. The maximum absolute atomic E-state index is 13.2. The monoisotopic (exact) mass is 405 g/mol. The first-order valence-corrected chi connectivity index (χ1v) is 8.91. The summed E-state index contributed by atoms with van der Waals surface area (Å²) in [7, 11) is 0. The van der Waals surface area contributed by atoms with Crippen LogP contribution in [-0.2, 0) is 25.5 Å². The molecule has 0 aliphatic rings. The van der Waals surface area contributed by atoms with Crippen LogP contribution in [0, 0.1) is 11.6 Å². The molecule has 0 radical (unpaired) electrons. The Kier molecular flexibility index (Phi) is 7.76. The molecule has 0 aliphatic carbocycles. The number of benzene rings is 1. The van der Waals surface area contributed by atoms with Crippen LogP contribution in [0.5, 0.6) is 0 Å². The van der Waals surface area contributed by atoms with Gasteiger partial charge in [-0.25, -0.2) is 13.6 Å². The van der Waals surface area contributed by atoms with Crippen LogP contribution < -0.4 is 10.6 Å². The Morgan fingerprint density at radius 2 is 1.69 bits per heavy atom. The number of carbonyl (C=O) groups is 3. The first-order valence-electron chi connectivity index (χ1n) is 8.91. The van der Waals surface area contributed by atoms with Crippen LogP contribution in [0.3, 0.4) is 0 Å². The molecule has 0 saturated heterocycles. The number of amides is 2. The second-order valence-electron chi connectivity index (χ2n) is 6.22. The number of nitrogens with one attached hydrogen (secondary N) is 2. The Morgan fingerprint density at radius 1 is 1.07 bits per heavy atom. The minimum absolute atomic E-state index is 0.132. The molecule has 2 amide bonds. The van der Waals surface area contributed by atoms with Gasteiger partial charge in [-0.2, -0.15) is 0 Å². The van der Waals surface area contributed by atoms with Gasteiger partial charge in [0, 0.05) is 18.5 Å². The van der Waals surface area contributed by atoms with Crippen LogP contribution in [0.1, 0.15) is 31.0 Å². The van der Waals surface area contributed by atoms with Crippen LogP contribution in [0.2, 0.25) is 0 Å². The zero-order valence-electron chi connectivity index (χ0n) is 15.9. The summed E-state index contributed by atoms with van der Waals surface area (Å²) in [5.74, 6) is -3.48. The second kappa shape index (κ2) is 10.3. The fourth-order valence-electron chi connectivity index (χ4n) is 2.58. The number of pyridine rings is 1. The van der Waals surface area contributed by atoms with E-state index in [4.69, 9.17) is 4.74 Å². The van der Waals surface area contributed by atoms with Gasteiger partial charge in [0.2, 0.25) is 11.8 Å². The molecule has 29 heavy (non-hydrogen) atoms. The molecule has 9 heteroatoms. The molecule has 154 valence electrons. The number of hydrogen-bond acceptors (Lipinski definition) is 5. The summed E-state index contributed by atoms with van der Waals surface area (Å²) in [6.07, 6.45) is 2.63. The van der Waals surface area contributed by atoms with E-state index in [0.717, 1.165) is 12.1 Å². The highest BCUT2D eigenvalue weighted by Gasteiger charge is 2.26. The number of carbonyl (C=O) groups excluding carboxylic acids is 3. The lowest BCUT2D eigenvalue weighted by Gasteiger charge is -2.20. The van der Waals surface area contributed by atoms with Crippen LogP contribution in [0.15, 0.2) is 42.7 Å². The fraction of sp³-hybridized carbons (Fsp3) is 0.300. The number of halogens is 2. The van der Waals surface area contributed by atoms with Gasteiger partial charge in [-0.1, -0.05) is 0 Å². The van der Waals surface area contributed by atoms with Crippen LogP contribution >= 0.6 is 0 Å². The highest BCUT2D eigenvalue weighted by atomic mass is 19.1. The molecule has 0 aliphatic heterocycles. The molecule has 1 aromatic carbocycles. The Balaban J connectivity index is 2.01. The van der Waals surface area contributed by atoms with Gasteiger partial charge in [-0.3, -0.25) is 14.6 Å². The van der Waals surface area contributed by atoms with E-state index in [-0.39, 0.29) is 18.6 Å². The van der Waals surface area contributed by atoms with Crippen molar-refractivity contribution in [3.8, 4) is 0 Å². The van der Waals surface area contributed by atoms with Gasteiger partial charge >= 0.3 is 5.97 Å². The van der Waals surface area contributed by atoms with Gasteiger partial charge in [0.1, 0.15) is 17.7 Å². The molecular formula is C20H21F2N3O4. The van der Waals surface area contributed by atoms with E-state index in [0.29, 0.717) is 11.6 Å². The lowest BCUT2D eigenvalue weighted by atomic mass is 10.1. The first-order chi connectivity index (χ1) is 13.8. The van der Waals surface area contributed by atoms with E-state index < -0.39 is 41.5 Å². The topological polar surface area (TPSA) is 97.4 Å². The summed E-state index contributed by atoms with van der Waals surface area (Å²) in [5.41, 5.74) is 0.606. The molecule has 1 aromatic heterocycles. The van der Waals surface area contributed by atoms with E-state index in [2.05, 4.69) is 15.6 Å². The predicted molar refractivity (Wildman–Crippen MR) is 99.4 cm³/mol. The summed E-state index contributed by atoms with van der Waals surface area (Å²) in [6, 6.07) is 3.82. The summed E-state index contributed by atoms with van der Waals surface area (Å²) < 4.78 is 31.4. The Hall–Kier alpha value is -3.36. The third-order valence-corrected chi connectivity index (χ3v) is 3.91. The van der Waals surface area contributed by atoms with Crippen molar-refractivity contribution in [1.29, 1.82) is 0 Å². The fourth-order valence-corrected chi connectivity index (χ4v) is 2.58. The highest BCUT2D eigenvalue weighted by molar-refractivity contribution is 5.91. The van der Waals surface area contributed by atoms with Crippen molar-refractivity contribution in [2.24, 2.45) is 0 Å². The molecule has 2 N–H and O–H groups in total. The average Bonchev–Trinajstić information content (AvgIpc) is 2.65. The van der Waals surface area contributed by atoms with Crippen LogP contribution in [0.25, 0.3) is 0 Å². The summed E-state index contributed by atoms with van der Waals surface area (Å²) in [5, 5.41) is 4.96. The van der Waals surface area contributed by atoms with Crippen molar-refractivity contribution >= 4 is 17.8 Å². The van der Waals surface area contributed by atoms with Crippen molar-refractivity contribution in [1.82, 2.24) is 15.6 Å². The lowest BCUT2D eigenvalue weighted by molar-refractivity contribution is -0.147. The molecule has 0 fully saturated rings. The number of esters is 1. The van der Waals surface area contributed by atoms with Crippen molar-refractivity contribution in [2.45, 2.75) is 32.4 Å². The van der Waals surface area contributed by atoms with Crippen molar-refractivity contribution < 1.29 is 27.9 Å². The van der Waals surface area contributed by atoms with Gasteiger partial charge < -0.3 is 15.4 Å². The van der Waals surface area contributed by atoms with E-state index in [9.17, 15) is 23.2 Å². The predicted octanol–water partition coefficient (Wildman–Crippen LogP) is 1.83. The normalized spacial score (nSPS) is 12.6. The van der Waals surface area contributed by atoms with Gasteiger partial charge in [-0.05, 0) is 49.2 Å². The van der Waals surface area contributed by atoms with Gasteiger partial charge in [-0.15, -0.1) is 0 Å². The summed E-state index contributed by atoms with van der Waals surface area (Å²) >= 11 is 0. The number of rotatable bonds is 8. The Morgan fingerprint density at radius 3 is 2.28 bits per heavy atom. The van der Waals surface area contributed by atoms with Crippen LogP contribution in [0.4, 0.5) is 8.78 Å². The van der Waals surface area contributed by atoms with Gasteiger partial charge in [0.05, 0.1) is 13.0 Å². The number of hydrogen-bond donors (Lipinski definition) is 2. The molecule has 7 nitrogen and oxygen atoms in total. The molecule has 1 heterocycles. The average molecular weight is 405 g/mol. The largest absolute Gasteiger partial charge is 0.464 e. The summed E-state index contributed by atoms with van der Waals surface area (Å²) in [4.78, 5) is 40.6. The van der Waals surface area contributed by atoms with Gasteiger partial charge in [0.25, 0.3) is 0 Å². The zero-order chi connectivity index (χ0) is 21.4. The molecule has 0 bridgehead atoms. The van der Waals surface area contributed by atoms with Crippen molar-refractivity contribution in [2.75, 3.05) is 6.61 Å². The maximum Gasteiger partial charge on any atom is 0.333 e. The van der Waals surface area contributed by atoms with Gasteiger partial charge in [0.15, 0.2) is 6.04 Å². The first kappa shape index (κ1) is 21.9. The van der Waals surface area contributed by atoms with Crippen LogP contribution in [-0.4, -0.2) is 35.4 Å². The molecule has 2 atom stereocenters. The minimum atomic E-state index is -1.07. The number of ether oxygens (including phenoxy) is 1. The quantitative estimate of drug-likeness (QED) is 0.653.